The van der Waals surface area contributed by atoms with E-state index < -0.39 is 11.7 Å². The van der Waals surface area contributed by atoms with E-state index in [-0.39, 0.29) is 24.1 Å². The van der Waals surface area contributed by atoms with Crippen molar-refractivity contribution in [1.29, 1.82) is 0 Å². The van der Waals surface area contributed by atoms with Gasteiger partial charge in [0.1, 0.15) is 5.82 Å². The molecule has 0 bridgehead atoms. The lowest BCUT2D eigenvalue weighted by Crippen LogP contribution is -2.49. The van der Waals surface area contributed by atoms with Gasteiger partial charge in [-0.2, -0.15) is 5.10 Å². The number of nitrogens with one attached hydrogen (secondary N) is 2. The summed E-state index contributed by atoms with van der Waals surface area (Å²) in [5.41, 5.74) is 2.95. The fourth-order valence-corrected chi connectivity index (χ4v) is 4.31. The van der Waals surface area contributed by atoms with Crippen LogP contribution in [0.3, 0.4) is 0 Å². The zero-order chi connectivity index (χ0) is 23.5. The molecule has 2 N–H and O–H groups in total. The van der Waals surface area contributed by atoms with Gasteiger partial charge >= 0.3 is 0 Å². The van der Waals surface area contributed by atoms with E-state index in [9.17, 15) is 14.0 Å². The van der Waals surface area contributed by atoms with E-state index in [2.05, 4.69) is 20.5 Å². The lowest BCUT2D eigenvalue weighted by molar-refractivity contribution is -0.129. The predicted octanol–water partition coefficient (Wildman–Crippen LogP) is 3.49. The molecule has 0 fully saturated rings. The van der Waals surface area contributed by atoms with Crippen molar-refractivity contribution in [3.05, 3.63) is 101 Å². The Morgan fingerprint density at radius 3 is 2.82 bits per heavy atom. The fraction of sp³-hybridized carbons (Fsp3) is 0.154. The quantitative estimate of drug-likeness (QED) is 0.451. The van der Waals surface area contributed by atoms with Crippen LogP contribution in [0.4, 0.5) is 4.39 Å². The van der Waals surface area contributed by atoms with E-state index in [1.807, 2.05) is 24.3 Å². The van der Waals surface area contributed by atoms with Crippen molar-refractivity contribution in [2.75, 3.05) is 6.54 Å². The smallest absolute Gasteiger partial charge is 0.255 e. The maximum absolute atomic E-state index is 14.6. The number of aromatic amines is 1. The van der Waals surface area contributed by atoms with E-state index in [1.54, 1.807) is 41.7 Å². The number of carbonyl (C=O) groups is 2. The monoisotopic (exact) mass is 455 g/mol. The Bertz CT molecular complexity index is 1380. The Kier molecular flexibility index (Phi) is 5.86. The molecule has 4 aromatic rings. The number of H-pyrrole nitrogens is 1. The molecule has 2 amide bonds. The molecule has 34 heavy (non-hydrogen) atoms. The molecule has 7 nitrogen and oxygen atoms in total. The lowest BCUT2D eigenvalue weighted by Gasteiger charge is -2.36. The van der Waals surface area contributed by atoms with Gasteiger partial charge in [0.2, 0.25) is 5.91 Å². The standard InChI is InChI=1S/C26H22FN5O2/c27-23-7-6-18-9-10-28-15-22(18)25(23)26(34)29-14-21-11-19-3-1-2-4-20(19)16-32(21)24(33)8-5-17-12-30-31-13-17/h1-10,12-13,15,21H,11,14,16H2,(H,29,34)(H,30,31)/b8-5+. The normalized spacial score (nSPS) is 15.4. The SMILES string of the molecule is O=C(NCC1Cc2ccccc2CN1C(=O)/C=C/c1cn[nH]c1)c1c(F)ccc2ccncc12. The van der Waals surface area contributed by atoms with Gasteiger partial charge in [-0.05, 0) is 41.1 Å². The lowest BCUT2D eigenvalue weighted by atomic mass is 9.93. The van der Waals surface area contributed by atoms with Gasteiger partial charge in [-0.15, -0.1) is 0 Å². The van der Waals surface area contributed by atoms with Crippen molar-refractivity contribution >= 4 is 28.7 Å². The van der Waals surface area contributed by atoms with Gasteiger partial charge in [0, 0.05) is 48.7 Å². The summed E-state index contributed by atoms with van der Waals surface area (Å²) >= 11 is 0. The summed E-state index contributed by atoms with van der Waals surface area (Å²) in [5, 5.41) is 10.6. The average Bonchev–Trinajstić information content (AvgIpc) is 3.39. The van der Waals surface area contributed by atoms with E-state index in [4.69, 9.17) is 0 Å². The number of pyridine rings is 1. The van der Waals surface area contributed by atoms with Crippen LogP contribution in [-0.4, -0.2) is 44.5 Å². The van der Waals surface area contributed by atoms with E-state index in [1.165, 1.54) is 18.3 Å². The minimum atomic E-state index is -0.608. The molecule has 0 saturated heterocycles. The molecule has 2 aromatic carbocycles. The summed E-state index contributed by atoms with van der Waals surface area (Å²) in [6.07, 6.45) is 10.2. The zero-order valence-corrected chi connectivity index (χ0v) is 18.2. The van der Waals surface area contributed by atoms with Gasteiger partial charge in [0.25, 0.3) is 5.91 Å². The molecule has 0 saturated carbocycles. The largest absolute Gasteiger partial charge is 0.350 e. The number of hydrogen-bond acceptors (Lipinski definition) is 4. The van der Waals surface area contributed by atoms with Gasteiger partial charge in [0.15, 0.2) is 0 Å². The van der Waals surface area contributed by atoms with Crippen LogP contribution in [0.15, 0.2) is 73.3 Å². The van der Waals surface area contributed by atoms with Gasteiger partial charge in [0.05, 0.1) is 17.8 Å². The number of fused-ring (bicyclic) bond motifs is 2. The number of nitrogens with zero attached hydrogens (tertiary/aromatic N) is 3. The summed E-state index contributed by atoms with van der Waals surface area (Å²) in [6.45, 7) is 0.617. The van der Waals surface area contributed by atoms with Gasteiger partial charge in [-0.1, -0.05) is 30.3 Å². The maximum atomic E-state index is 14.6. The van der Waals surface area contributed by atoms with Crippen molar-refractivity contribution in [2.45, 2.75) is 19.0 Å². The van der Waals surface area contributed by atoms with Crippen molar-refractivity contribution in [1.82, 2.24) is 25.4 Å². The summed E-state index contributed by atoms with van der Waals surface area (Å²) in [7, 11) is 0. The summed E-state index contributed by atoms with van der Waals surface area (Å²) in [5.74, 6) is -1.31. The highest BCUT2D eigenvalue weighted by molar-refractivity contribution is 6.07. The Balaban J connectivity index is 1.38. The van der Waals surface area contributed by atoms with Crippen LogP contribution < -0.4 is 5.32 Å². The van der Waals surface area contributed by atoms with Crippen molar-refractivity contribution in [3.63, 3.8) is 0 Å². The average molecular weight is 455 g/mol. The molecule has 8 heteroatoms. The van der Waals surface area contributed by atoms with Crippen LogP contribution in [0.25, 0.3) is 16.8 Å². The second-order valence-electron chi connectivity index (χ2n) is 8.19. The number of aromatic nitrogens is 3. The molecule has 2 aromatic heterocycles. The van der Waals surface area contributed by atoms with Crippen molar-refractivity contribution < 1.29 is 14.0 Å². The molecule has 1 unspecified atom stereocenters. The number of benzene rings is 2. The molecule has 5 rings (SSSR count). The molecule has 0 spiro atoms. The van der Waals surface area contributed by atoms with Gasteiger partial charge in [-0.3, -0.25) is 19.7 Å². The van der Waals surface area contributed by atoms with E-state index >= 15 is 0 Å². The predicted molar refractivity (Wildman–Crippen MR) is 126 cm³/mol. The molecule has 3 heterocycles. The summed E-state index contributed by atoms with van der Waals surface area (Å²) in [4.78, 5) is 31.9. The topological polar surface area (TPSA) is 91.0 Å². The molecule has 0 radical (unpaired) electrons. The van der Waals surface area contributed by atoms with Crippen LogP contribution in [0.2, 0.25) is 0 Å². The van der Waals surface area contributed by atoms with Gasteiger partial charge in [-0.25, -0.2) is 4.39 Å². The summed E-state index contributed by atoms with van der Waals surface area (Å²) < 4.78 is 14.6. The Labute approximate surface area is 195 Å². The first kappa shape index (κ1) is 21.5. The molecule has 1 aliphatic rings. The highest BCUT2D eigenvalue weighted by atomic mass is 19.1. The van der Waals surface area contributed by atoms with Crippen LogP contribution in [0, 0.1) is 5.82 Å². The first-order chi connectivity index (χ1) is 16.6. The third-order valence-corrected chi connectivity index (χ3v) is 6.07. The third kappa shape index (κ3) is 4.30. The number of carbonyl (C=O) groups excluding carboxylic acids is 2. The highest BCUT2D eigenvalue weighted by Crippen LogP contribution is 2.24. The number of amides is 2. The van der Waals surface area contributed by atoms with Crippen LogP contribution in [-0.2, 0) is 17.8 Å². The second kappa shape index (κ2) is 9.27. The number of hydrogen-bond donors (Lipinski definition) is 2. The number of halogens is 1. The molecule has 1 atom stereocenters. The first-order valence-electron chi connectivity index (χ1n) is 10.9. The van der Waals surface area contributed by atoms with Crippen LogP contribution in [0.5, 0.6) is 0 Å². The molecule has 170 valence electrons. The Morgan fingerprint density at radius 1 is 1.15 bits per heavy atom. The maximum Gasteiger partial charge on any atom is 0.255 e. The Hall–Kier alpha value is -4.33. The van der Waals surface area contributed by atoms with Crippen LogP contribution >= 0.6 is 0 Å². The minimum Gasteiger partial charge on any atom is -0.350 e. The second-order valence-corrected chi connectivity index (χ2v) is 8.19. The van der Waals surface area contributed by atoms with E-state index in [0.29, 0.717) is 18.4 Å². The first-order valence-corrected chi connectivity index (χ1v) is 10.9. The van der Waals surface area contributed by atoms with E-state index in [0.717, 1.165) is 22.1 Å². The highest BCUT2D eigenvalue weighted by Gasteiger charge is 2.29. The molecule has 1 aliphatic heterocycles. The third-order valence-electron chi connectivity index (χ3n) is 6.07. The fourth-order valence-electron chi connectivity index (χ4n) is 4.31. The molecular weight excluding hydrogens is 433 g/mol. The zero-order valence-electron chi connectivity index (χ0n) is 18.2. The van der Waals surface area contributed by atoms with Crippen molar-refractivity contribution in [2.24, 2.45) is 0 Å². The number of rotatable bonds is 5. The Morgan fingerprint density at radius 2 is 2.00 bits per heavy atom. The minimum absolute atomic E-state index is 0.0421. The van der Waals surface area contributed by atoms with Crippen molar-refractivity contribution in [3.8, 4) is 0 Å². The molecule has 0 aliphatic carbocycles. The van der Waals surface area contributed by atoms with Gasteiger partial charge < -0.3 is 10.2 Å². The molecular formula is C26H22FN5O2. The van der Waals surface area contributed by atoms with Crippen LogP contribution in [0.1, 0.15) is 27.0 Å². The summed E-state index contributed by atoms with van der Waals surface area (Å²) in [6, 6.07) is 12.3.